The predicted octanol–water partition coefficient (Wildman–Crippen LogP) is 3.19. The lowest BCUT2D eigenvalue weighted by atomic mass is 9.97. The van der Waals surface area contributed by atoms with E-state index in [4.69, 9.17) is 4.74 Å². The molecular weight excluding hydrogens is 254 g/mol. The lowest BCUT2D eigenvalue weighted by molar-refractivity contribution is 0.0364. The van der Waals surface area contributed by atoms with Crippen molar-refractivity contribution < 1.29 is 4.74 Å². The van der Waals surface area contributed by atoms with Gasteiger partial charge in [-0.3, -0.25) is 4.90 Å². The van der Waals surface area contributed by atoms with Crippen molar-refractivity contribution in [2.24, 2.45) is 5.92 Å². The topological polar surface area (TPSA) is 12.5 Å². The molecule has 0 amide bonds. The Balaban J connectivity index is 1.61. The van der Waals surface area contributed by atoms with Crippen molar-refractivity contribution >= 4 is 11.8 Å². The molecule has 0 bridgehead atoms. The normalized spacial score (nSPS) is 24.2. The van der Waals surface area contributed by atoms with Gasteiger partial charge in [-0.25, -0.2) is 0 Å². The van der Waals surface area contributed by atoms with Crippen molar-refractivity contribution in [2.75, 3.05) is 32.6 Å². The van der Waals surface area contributed by atoms with Crippen LogP contribution in [0.5, 0.6) is 0 Å². The van der Waals surface area contributed by atoms with E-state index >= 15 is 0 Å². The second-order valence-electron chi connectivity index (χ2n) is 5.70. The number of thioether (sulfide) groups is 1. The molecule has 1 atom stereocenters. The van der Waals surface area contributed by atoms with Gasteiger partial charge < -0.3 is 4.74 Å². The van der Waals surface area contributed by atoms with Crippen molar-refractivity contribution in [3.8, 4) is 0 Å². The molecule has 19 heavy (non-hydrogen) atoms. The summed E-state index contributed by atoms with van der Waals surface area (Å²) in [7, 11) is 0. The summed E-state index contributed by atoms with van der Waals surface area (Å²) < 4.78 is 5.59. The number of hydrogen-bond donors (Lipinski definition) is 0. The number of nitrogens with zero attached hydrogens (tertiary/aromatic N) is 1. The Morgan fingerprint density at radius 2 is 2.32 bits per heavy atom. The molecule has 104 valence electrons. The number of rotatable bonds is 3. The van der Waals surface area contributed by atoms with E-state index in [1.54, 1.807) is 5.56 Å². The van der Waals surface area contributed by atoms with Crippen molar-refractivity contribution in [1.82, 2.24) is 4.90 Å². The van der Waals surface area contributed by atoms with Gasteiger partial charge in [0.25, 0.3) is 0 Å². The Bertz CT molecular complexity index is 429. The Kier molecular flexibility index (Phi) is 4.46. The van der Waals surface area contributed by atoms with Gasteiger partial charge in [0.05, 0.1) is 6.61 Å². The van der Waals surface area contributed by atoms with Crippen molar-refractivity contribution in [1.29, 1.82) is 0 Å². The average Bonchev–Trinajstić information content (AvgIpc) is 2.48. The summed E-state index contributed by atoms with van der Waals surface area (Å²) >= 11 is 1.84. The molecule has 0 radical (unpaired) electrons. The van der Waals surface area contributed by atoms with Gasteiger partial charge in [-0.05, 0) is 54.7 Å². The Morgan fingerprint density at radius 3 is 3.11 bits per heavy atom. The van der Waals surface area contributed by atoms with E-state index in [2.05, 4.69) is 29.4 Å². The van der Waals surface area contributed by atoms with E-state index in [1.807, 2.05) is 11.8 Å². The summed E-state index contributed by atoms with van der Waals surface area (Å²) in [5, 5.41) is 0. The smallest absolute Gasteiger partial charge is 0.0506 e. The molecule has 0 aliphatic carbocycles. The fraction of sp³-hybridized carbons (Fsp3) is 0.625. The van der Waals surface area contributed by atoms with Crippen LogP contribution in [0.2, 0.25) is 0 Å². The van der Waals surface area contributed by atoms with E-state index in [1.165, 1.54) is 42.8 Å². The maximum Gasteiger partial charge on any atom is 0.0506 e. The fourth-order valence-corrected chi connectivity index (χ4v) is 3.65. The summed E-state index contributed by atoms with van der Waals surface area (Å²) in [5.74, 6) is 0.751. The number of benzene rings is 1. The fourth-order valence-electron chi connectivity index (χ4n) is 3.19. The van der Waals surface area contributed by atoms with E-state index < -0.39 is 0 Å². The third-order valence-electron chi connectivity index (χ3n) is 4.28. The van der Waals surface area contributed by atoms with Crippen LogP contribution >= 0.6 is 11.8 Å². The zero-order valence-electron chi connectivity index (χ0n) is 11.7. The van der Waals surface area contributed by atoms with Gasteiger partial charge >= 0.3 is 0 Å². The van der Waals surface area contributed by atoms with E-state index in [9.17, 15) is 0 Å². The van der Waals surface area contributed by atoms with Crippen LogP contribution < -0.4 is 0 Å². The highest BCUT2D eigenvalue weighted by Gasteiger charge is 2.21. The lowest BCUT2D eigenvalue weighted by Gasteiger charge is -2.33. The first kappa shape index (κ1) is 13.5. The van der Waals surface area contributed by atoms with Gasteiger partial charge in [0.15, 0.2) is 0 Å². The van der Waals surface area contributed by atoms with Gasteiger partial charge in [-0.2, -0.15) is 0 Å². The standard InChI is InChI=1S/C16H23NOS/c1-19-16-5-4-15-11-17(7-6-14(15)9-16)10-13-3-2-8-18-12-13/h4-5,9,13H,2-3,6-8,10-12H2,1H3/t13-/m1/s1. The number of ether oxygens (including phenoxy) is 1. The molecule has 0 unspecified atom stereocenters. The molecule has 0 aromatic heterocycles. The molecule has 1 fully saturated rings. The molecule has 0 saturated carbocycles. The molecule has 0 N–H and O–H groups in total. The predicted molar refractivity (Wildman–Crippen MR) is 80.7 cm³/mol. The molecule has 3 rings (SSSR count). The van der Waals surface area contributed by atoms with Gasteiger partial charge in [0.1, 0.15) is 0 Å². The van der Waals surface area contributed by atoms with Crippen molar-refractivity contribution in [3.63, 3.8) is 0 Å². The van der Waals surface area contributed by atoms with Gasteiger partial charge in [-0.1, -0.05) is 6.07 Å². The highest BCUT2D eigenvalue weighted by Crippen LogP contribution is 2.25. The highest BCUT2D eigenvalue weighted by atomic mass is 32.2. The van der Waals surface area contributed by atoms with Gasteiger partial charge in [-0.15, -0.1) is 11.8 Å². The van der Waals surface area contributed by atoms with Crippen LogP contribution in [0.15, 0.2) is 23.1 Å². The first-order valence-corrected chi connectivity index (χ1v) is 8.53. The first-order chi connectivity index (χ1) is 9.35. The van der Waals surface area contributed by atoms with Crippen LogP contribution in [0.4, 0.5) is 0 Å². The quantitative estimate of drug-likeness (QED) is 0.787. The lowest BCUT2D eigenvalue weighted by Crippen LogP contribution is -2.37. The van der Waals surface area contributed by atoms with Crippen molar-refractivity contribution in [3.05, 3.63) is 29.3 Å². The molecule has 1 saturated heterocycles. The van der Waals surface area contributed by atoms with Crippen LogP contribution in [0.25, 0.3) is 0 Å². The minimum absolute atomic E-state index is 0.751. The highest BCUT2D eigenvalue weighted by molar-refractivity contribution is 7.98. The Labute approximate surface area is 120 Å². The Hall–Kier alpha value is -0.510. The molecular formula is C16H23NOS. The van der Waals surface area contributed by atoms with E-state index in [-0.39, 0.29) is 0 Å². The summed E-state index contributed by atoms with van der Waals surface area (Å²) in [6, 6.07) is 6.96. The first-order valence-electron chi connectivity index (χ1n) is 7.31. The van der Waals surface area contributed by atoms with Gasteiger partial charge in [0.2, 0.25) is 0 Å². The third kappa shape index (κ3) is 3.33. The molecule has 2 aliphatic heterocycles. The largest absolute Gasteiger partial charge is 0.381 e. The van der Waals surface area contributed by atoms with Crippen LogP contribution in [-0.4, -0.2) is 37.5 Å². The minimum Gasteiger partial charge on any atom is -0.381 e. The number of hydrogen-bond acceptors (Lipinski definition) is 3. The van der Waals surface area contributed by atoms with E-state index in [0.717, 1.165) is 25.7 Å². The summed E-state index contributed by atoms with van der Waals surface area (Å²) in [4.78, 5) is 4.01. The number of fused-ring (bicyclic) bond motifs is 1. The average molecular weight is 277 g/mol. The van der Waals surface area contributed by atoms with Crippen LogP contribution in [0, 0.1) is 5.92 Å². The van der Waals surface area contributed by atoms with Gasteiger partial charge in [0, 0.05) is 31.1 Å². The molecule has 2 heterocycles. The zero-order valence-corrected chi connectivity index (χ0v) is 12.5. The zero-order chi connectivity index (χ0) is 13.1. The molecule has 2 aliphatic rings. The second-order valence-corrected chi connectivity index (χ2v) is 6.58. The Morgan fingerprint density at radius 1 is 1.37 bits per heavy atom. The van der Waals surface area contributed by atoms with Crippen LogP contribution in [0.3, 0.4) is 0 Å². The maximum absolute atomic E-state index is 5.59. The summed E-state index contributed by atoms with van der Waals surface area (Å²) in [6.45, 7) is 5.48. The summed E-state index contributed by atoms with van der Waals surface area (Å²) in [5.41, 5.74) is 3.09. The molecule has 3 heteroatoms. The third-order valence-corrected chi connectivity index (χ3v) is 5.00. The second kappa shape index (κ2) is 6.29. The molecule has 1 aromatic rings. The van der Waals surface area contributed by atoms with Crippen LogP contribution in [0.1, 0.15) is 24.0 Å². The summed E-state index contributed by atoms with van der Waals surface area (Å²) in [6.07, 6.45) is 5.94. The van der Waals surface area contributed by atoms with Crippen LogP contribution in [-0.2, 0) is 17.7 Å². The SMILES string of the molecule is CSc1ccc2c(c1)CCN(C[C@H]1CCCOC1)C2. The van der Waals surface area contributed by atoms with Crippen molar-refractivity contribution in [2.45, 2.75) is 30.7 Å². The maximum atomic E-state index is 5.59. The molecule has 0 spiro atoms. The molecule has 1 aromatic carbocycles. The molecule has 2 nitrogen and oxygen atoms in total. The monoisotopic (exact) mass is 277 g/mol. The minimum atomic E-state index is 0.751. The van der Waals surface area contributed by atoms with E-state index in [0.29, 0.717) is 0 Å².